The molecule has 0 aliphatic heterocycles. The van der Waals surface area contributed by atoms with Crippen molar-refractivity contribution in [2.45, 2.75) is 26.3 Å². The number of imidazole rings is 1. The van der Waals surface area contributed by atoms with Crippen molar-refractivity contribution in [1.82, 2.24) is 4.57 Å². The van der Waals surface area contributed by atoms with Crippen molar-refractivity contribution < 1.29 is 13.0 Å². The number of rotatable bonds is 4. The normalized spacial score (nSPS) is 9.93. The largest absolute Gasteiger partial charge is 0.257 e. The summed E-state index contributed by atoms with van der Waals surface area (Å²) in [7, 11) is -2.15. The van der Waals surface area contributed by atoms with Crippen LogP contribution < -0.4 is 4.57 Å². The fourth-order valence-corrected chi connectivity index (χ4v) is 1.96. The molecule has 0 saturated heterocycles. The maximum atomic E-state index is 11.0. The van der Waals surface area contributed by atoms with Gasteiger partial charge in [0, 0.05) is 6.42 Å². The summed E-state index contributed by atoms with van der Waals surface area (Å²) in [4.78, 5) is 0.403. The highest BCUT2D eigenvalue weighted by atomic mass is 32.2. The quantitative estimate of drug-likeness (QED) is 0.430. The molecule has 1 aromatic rings. The van der Waals surface area contributed by atoms with E-state index < -0.39 is 10.3 Å². The molecule has 0 unspecified atom stereocenters. The van der Waals surface area contributed by atoms with Crippen molar-refractivity contribution in [1.29, 1.82) is 0 Å². The third kappa shape index (κ3) is 3.06. The van der Waals surface area contributed by atoms with Gasteiger partial charge in [-0.3, -0.25) is 0 Å². The molecule has 4 nitrogen and oxygen atoms in total. The number of nitrogens with zero attached hydrogens (tertiary/aromatic N) is 2. The molecule has 1 rings (SSSR count). The first-order valence-electron chi connectivity index (χ1n) is 4.82. The van der Waals surface area contributed by atoms with Crippen LogP contribution in [0.2, 0.25) is 0 Å². The van der Waals surface area contributed by atoms with E-state index in [9.17, 15) is 8.42 Å². The molecule has 15 heavy (non-hydrogen) atoms. The first-order chi connectivity index (χ1) is 7.19. The maximum absolute atomic E-state index is 11.0. The minimum atomic E-state index is -2.15. The van der Waals surface area contributed by atoms with Gasteiger partial charge in [-0.25, -0.2) is 4.57 Å². The lowest BCUT2D eigenvalue weighted by Crippen LogP contribution is -2.30. The third-order valence-electron chi connectivity index (χ3n) is 1.98. The zero-order valence-corrected chi connectivity index (χ0v) is 9.57. The molecule has 0 N–H and O–H groups in total. The van der Waals surface area contributed by atoms with Gasteiger partial charge in [-0.15, -0.1) is 0 Å². The molecule has 0 aliphatic carbocycles. The average molecular weight is 227 g/mol. The molecule has 0 fully saturated rings. The third-order valence-corrected chi connectivity index (χ3v) is 2.78. The van der Waals surface area contributed by atoms with Gasteiger partial charge >= 0.3 is 0 Å². The van der Waals surface area contributed by atoms with Crippen LogP contribution in [0.4, 0.5) is 0 Å². The minimum Gasteiger partial charge on any atom is -0.233 e. The highest BCUT2D eigenvalue weighted by Gasteiger charge is 2.11. The molecule has 0 saturated carbocycles. The molecule has 0 bridgehead atoms. The van der Waals surface area contributed by atoms with Crippen molar-refractivity contribution >= 4 is 15.3 Å². The lowest BCUT2D eigenvalue weighted by atomic mass is 10.3. The Bertz CT molecular complexity index is 463. The van der Waals surface area contributed by atoms with E-state index in [-0.39, 0.29) is 0 Å². The number of hydrogen-bond donors (Lipinski definition) is 0. The predicted octanol–water partition coefficient (Wildman–Crippen LogP) is 0.619. The molecule has 0 aromatic carbocycles. The van der Waals surface area contributed by atoms with Crippen LogP contribution in [-0.4, -0.2) is 18.0 Å². The Kier molecular flexibility index (Phi) is 4.30. The van der Waals surface area contributed by atoms with Crippen LogP contribution in [0.1, 0.15) is 19.8 Å². The monoisotopic (exact) mass is 227 g/mol. The Morgan fingerprint density at radius 1 is 1.60 bits per heavy atom. The molecule has 5 heteroatoms. The van der Waals surface area contributed by atoms with E-state index in [2.05, 4.69) is 6.58 Å². The zero-order valence-electron chi connectivity index (χ0n) is 8.76. The number of hydrogen-bond acceptors (Lipinski definition) is 2. The molecule has 0 amide bonds. The standard InChI is InChI=1S/C10H15N2O2S/c1-3-5-10(15(13)14)12-8-7-11(9-12)6-4-2/h4,7-9H,2-3,5-6H2,1H3/q+1. The molecule has 82 valence electrons. The Hall–Kier alpha value is -1.36. The first kappa shape index (κ1) is 11.7. The fraction of sp³-hybridized carbons (Fsp3) is 0.400. The highest BCUT2D eigenvalue weighted by Crippen LogP contribution is 1.94. The fourth-order valence-electron chi connectivity index (χ4n) is 1.31. The van der Waals surface area contributed by atoms with Gasteiger partial charge in [0.1, 0.15) is 18.9 Å². The van der Waals surface area contributed by atoms with Crippen LogP contribution >= 0.6 is 0 Å². The van der Waals surface area contributed by atoms with Crippen LogP contribution in [-0.2, 0) is 16.8 Å². The Balaban J connectivity index is 3.03. The smallest absolute Gasteiger partial charge is 0.233 e. The predicted molar refractivity (Wildman–Crippen MR) is 59.1 cm³/mol. The minimum absolute atomic E-state index is 0.403. The van der Waals surface area contributed by atoms with Crippen molar-refractivity contribution in [2.24, 2.45) is 0 Å². The van der Waals surface area contributed by atoms with Gasteiger partial charge in [0.25, 0.3) is 10.3 Å². The van der Waals surface area contributed by atoms with Gasteiger partial charge in [-0.05, 0) is 6.42 Å². The van der Waals surface area contributed by atoms with Crippen molar-refractivity contribution in [3.63, 3.8) is 0 Å². The van der Waals surface area contributed by atoms with Gasteiger partial charge in [0.15, 0.2) is 0 Å². The molecule has 1 aromatic heterocycles. The van der Waals surface area contributed by atoms with Gasteiger partial charge in [-0.1, -0.05) is 19.6 Å². The molecule has 0 radical (unpaired) electrons. The van der Waals surface area contributed by atoms with Gasteiger partial charge in [-0.2, -0.15) is 13.0 Å². The summed E-state index contributed by atoms with van der Waals surface area (Å²) in [5.41, 5.74) is 0. The molecular weight excluding hydrogens is 212 g/mol. The molecule has 0 atom stereocenters. The number of allylic oxidation sites excluding steroid dienone is 1. The summed E-state index contributed by atoms with van der Waals surface area (Å²) in [5.74, 6) is 0. The van der Waals surface area contributed by atoms with Crippen LogP contribution in [0.15, 0.2) is 31.4 Å². The SMILES string of the molecule is C=CC[n+]1ccn(C(CCC)=S(=O)=O)c1. The van der Waals surface area contributed by atoms with E-state index in [1.54, 1.807) is 23.2 Å². The van der Waals surface area contributed by atoms with Crippen LogP contribution in [0.5, 0.6) is 0 Å². The van der Waals surface area contributed by atoms with Crippen LogP contribution in [0.25, 0.3) is 0 Å². The summed E-state index contributed by atoms with van der Waals surface area (Å²) in [6.07, 6.45) is 8.44. The summed E-state index contributed by atoms with van der Waals surface area (Å²) in [6, 6.07) is 0. The number of aromatic nitrogens is 2. The maximum Gasteiger partial charge on any atom is 0.257 e. The van der Waals surface area contributed by atoms with E-state index in [4.69, 9.17) is 0 Å². The lowest BCUT2D eigenvalue weighted by Gasteiger charge is -1.93. The molecule has 0 aliphatic rings. The second kappa shape index (κ2) is 5.50. The molecule has 1 heterocycles. The van der Waals surface area contributed by atoms with Gasteiger partial charge < -0.3 is 0 Å². The average Bonchev–Trinajstić information content (AvgIpc) is 2.62. The Morgan fingerprint density at radius 2 is 2.33 bits per heavy atom. The summed E-state index contributed by atoms with van der Waals surface area (Å²) in [5, 5.41) is 0. The van der Waals surface area contributed by atoms with Gasteiger partial charge in [0.05, 0.1) is 0 Å². The van der Waals surface area contributed by atoms with Gasteiger partial charge in [0.2, 0.25) is 11.3 Å². The first-order valence-corrected chi connectivity index (χ1v) is 5.90. The molecular formula is C10H15N2O2S+. The highest BCUT2D eigenvalue weighted by molar-refractivity contribution is 7.72. The summed E-state index contributed by atoms with van der Waals surface area (Å²) >= 11 is 0. The van der Waals surface area contributed by atoms with Crippen LogP contribution in [0.3, 0.4) is 0 Å². The summed E-state index contributed by atoms with van der Waals surface area (Å²) in [6.45, 7) is 6.25. The van der Waals surface area contributed by atoms with Crippen LogP contribution in [0, 0.1) is 0 Å². The van der Waals surface area contributed by atoms with E-state index in [0.717, 1.165) is 6.42 Å². The van der Waals surface area contributed by atoms with Crippen molar-refractivity contribution in [3.05, 3.63) is 31.4 Å². The Morgan fingerprint density at radius 3 is 2.87 bits per heavy atom. The zero-order chi connectivity index (χ0) is 11.3. The topological polar surface area (TPSA) is 43.0 Å². The lowest BCUT2D eigenvalue weighted by molar-refractivity contribution is -0.686. The summed E-state index contributed by atoms with van der Waals surface area (Å²) < 4.78 is 25.4. The van der Waals surface area contributed by atoms with E-state index in [0.29, 0.717) is 18.0 Å². The van der Waals surface area contributed by atoms with E-state index >= 15 is 0 Å². The van der Waals surface area contributed by atoms with E-state index in [1.165, 1.54) is 0 Å². The van der Waals surface area contributed by atoms with E-state index in [1.807, 2.05) is 17.7 Å². The second-order valence-corrected chi connectivity index (χ2v) is 4.13. The van der Waals surface area contributed by atoms with Crippen molar-refractivity contribution in [3.8, 4) is 0 Å². The second-order valence-electron chi connectivity index (χ2n) is 3.18. The van der Waals surface area contributed by atoms with Crippen molar-refractivity contribution in [2.75, 3.05) is 0 Å². The molecule has 0 spiro atoms. The Labute approximate surface area is 91.0 Å².